The molecule has 0 N–H and O–H groups in total. The molecule has 0 aliphatic carbocycles. The van der Waals surface area contributed by atoms with E-state index < -0.39 is 17.2 Å². The Morgan fingerprint density at radius 1 is 1.21 bits per heavy atom. The molecule has 0 atom stereocenters. The Morgan fingerprint density at radius 2 is 1.84 bits per heavy atom. The van der Waals surface area contributed by atoms with Gasteiger partial charge in [-0.1, -0.05) is 34.1 Å². The molecule has 0 saturated carbocycles. The van der Waals surface area contributed by atoms with Crippen LogP contribution in [0.1, 0.15) is 51.8 Å². The first-order valence-electron chi connectivity index (χ1n) is 6.36. The molecule has 0 saturated heterocycles. The van der Waals surface area contributed by atoms with Crippen molar-refractivity contribution in [1.82, 2.24) is 4.98 Å². The molecule has 2 nitrogen and oxygen atoms in total. The molecule has 1 heterocycles. The van der Waals surface area contributed by atoms with Crippen LogP contribution in [0.4, 0.5) is 13.2 Å². The fraction of sp³-hybridized carbons (Fsp3) is 0.643. The molecule has 0 aliphatic heterocycles. The summed E-state index contributed by atoms with van der Waals surface area (Å²) in [7, 11) is 0. The van der Waals surface area contributed by atoms with Gasteiger partial charge in [0, 0.05) is 11.1 Å². The second-order valence-corrected chi connectivity index (χ2v) is 5.52. The van der Waals surface area contributed by atoms with E-state index >= 15 is 0 Å². The molecule has 0 aromatic carbocycles. The Bertz CT molecular complexity index is 422. The zero-order valence-electron chi connectivity index (χ0n) is 11.8. The number of hydrogen-bond acceptors (Lipinski definition) is 2. The Morgan fingerprint density at radius 3 is 2.32 bits per heavy atom. The first-order valence-corrected chi connectivity index (χ1v) is 6.36. The van der Waals surface area contributed by atoms with Gasteiger partial charge in [-0.2, -0.15) is 13.2 Å². The first-order chi connectivity index (χ1) is 8.66. The van der Waals surface area contributed by atoms with Crippen LogP contribution in [0.5, 0.6) is 5.75 Å². The van der Waals surface area contributed by atoms with Crippen LogP contribution >= 0.6 is 0 Å². The van der Waals surface area contributed by atoms with Gasteiger partial charge in [0.2, 0.25) is 0 Å². The SMILES string of the molecule is CCCCOc1cnc(C(C)(C)C)cc1C(F)(F)F. The zero-order chi connectivity index (χ0) is 14.7. The highest BCUT2D eigenvalue weighted by molar-refractivity contribution is 5.36. The predicted molar refractivity (Wildman–Crippen MR) is 68.3 cm³/mol. The molecular weight excluding hydrogens is 255 g/mol. The van der Waals surface area contributed by atoms with Crippen LogP contribution < -0.4 is 4.74 Å². The van der Waals surface area contributed by atoms with Crippen molar-refractivity contribution in [1.29, 1.82) is 0 Å². The first kappa shape index (κ1) is 15.8. The van der Waals surface area contributed by atoms with E-state index in [1.54, 1.807) is 0 Å². The topological polar surface area (TPSA) is 22.1 Å². The maximum absolute atomic E-state index is 13.0. The zero-order valence-corrected chi connectivity index (χ0v) is 11.8. The molecule has 0 aliphatic rings. The minimum atomic E-state index is -4.43. The van der Waals surface area contributed by atoms with Crippen LogP contribution in [-0.2, 0) is 11.6 Å². The Kier molecular flexibility index (Phi) is 4.82. The maximum Gasteiger partial charge on any atom is 0.420 e. The average Bonchev–Trinajstić information content (AvgIpc) is 2.27. The maximum atomic E-state index is 13.0. The van der Waals surface area contributed by atoms with Crippen molar-refractivity contribution in [3.63, 3.8) is 0 Å². The summed E-state index contributed by atoms with van der Waals surface area (Å²) in [6.07, 6.45) is -1.66. The van der Waals surface area contributed by atoms with Crippen molar-refractivity contribution < 1.29 is 17.9 Å². The molecule has 19 heavy (non-hydrogen) atoms. The highest BCUT2D eigenvalue weighted by Crippen LogP contribution is 2.37. The molecule has 1 rings (SSSR count). The number of ether oxygens (including phenoxy) is 1. The molecule has 1 aromatic rings. The third-order valence-electron chi connectivity index (χ3n) is 2.70. The molecule has 5 heteroatoms. The lowest BCUT2D eigenvalue weighted by Crippen LogP contribution is -2.17. The summed E-state index contributed by atoms with van der Waals surface area (Å²) in [6, 6.07) is 1.08. The molecule has 0 spiro atoms. The smallest absolute Gasteiger partial charge is 0.420 e. The number of nitrogens with zero attached hydrogens (tertiary/aromatic N) is 1. The van der Waals surface area contributed by atoms with Crippen LogP contribution in [0.25, 0.3) is 0 Å². The number of unbranched alkanes of at least 4 members (excludes halogenated alkanes) is 1. The summed E-state index contributed by atoms with van der Waals surface area (Å²) in [4.78, 5) is 4.08. The van der Waals surface area contributed by atoms with Crippen molar-refractivity contribution in [2.75, 3.05) is 6.61 Å². The second kappa shape index (κ2) is 5.80. The van der Waals surface area contributed by atoms with Crippen molar-refractivity contribution >= 4 is 0 Å². The van der Waals surface area contributed by atoms with Crippen molar-refractivity contribution in [3.05, 3.63) is 23.5 Å². The van der Waals surface area contributed by atoms with Gasteiger partial charge in [-0.3, -0.25) is 4.98 Å². The Hall–Kier alpha value is -1.26. The summed E-state index contributed by atoms with van der Waals surface area (Å²) in [5.74, 6) is -0.186. The number of hydrogen-bond donors (Lipinski definition) is 0. The summed E-state index contributed by atoms with van der Waals surface area (Å²) in [5, 5.41) is 0. The second-order valence-electron chi connectivity index (χ2n) is 5.52. The van der Waals surface area contributed by atoms with Gasteiger partial charge >= 0.3 is 6.18 Å². The third-order valence-corrected chi connectivity index (χ3v) is 2.70. The van der Waals surface area contributed by atoms with Crippen LogP contribution in [0, 0.1) is 0 Å². The van der Waals surface area contributed by atoms with Crippen LogP contribution in [0.3, 0.4) is 0 Å². The minimum absolute atomic E-state index is 0.186. The van der Waals surface area contributed by atoms with E-state index in [0.717, 1.165) is 18.9 Å². The number of aromatic nitrogens is 1. The lowest BCUT2D eigenvalue weighted by atomic mass is 9.90. The predicted octanol–water partition coefficient (Wildman–Crippen LogP) is 4.58. The molecular formula is C14H20F3NO. The highest BCUT2D eigenvalue weighted by Gasteiger charge is 2.36. The van der Waals surface area contributed by atoms with E-state index in [1.807, 2.05) is 27.7 Å². The van der Waals surface area contributed by atoms with Crippen molar-refractivity contribution in [2.45, 2.75) is 52.1 Å². The summed E-state index contributed by atoms with van der Waals surface area (Å²) >= 11 is 0. The molecule has 0 radical (unpaired) electrons. The number of alkyl halides is 3. The van der Waals surface area contributed by atoms with Gasteiger partial charge in [0.1, 0.15) is 11.3 Å². The fourth-order valence-corrected chi connectivity index (χ4v) is 1.52. The molecule has 108 valence electrons. The molecule has 0 fully saturated rings. The van der Waals surface area contributed by atoms with Crippen molar-refractivity contribution in [3.8, 4) is 5.75 Å². The van der Waals surface area contributed by atoms with E-state index in [4.69, 9.17) is 4.74 Å². The largest absolute Gasteiger partial charge is 0.491 e. The molecule has 0 unspecified atom stereocenters. The highest BCUT2D eigenvalue weighted by atomic mass is 19.4. The normalized spacial score (nSPS) is 12.6. The van der Waals surface area contributed by atoms with E-state index in [9.17, 15) is 13.2 Å². The van der Waals surface area contributed by atoms with Gasteiger partial charge in [-0.25, -0.2) is 0 Å². The van der Waals surface area contributed by atoms with E-state index in [-0.39, 0.29) is 12.4 Å². The summed E-state index contributed by atoms with van der Waals surface area (Å²) in [5.41, 5.74) is -0.770. The number of halogens is 3. The lowest BCUT2D eigenvalue weighted by molar-refractivity contribution is -0.139. The van der Waals surface area contributed by atoms with E-state index in [1.165, 1.54) is 6.20 Å². The summed E-state index contributed by atoms with van der Waals surface area (Å²) in [6.45, 7) is 7.71. The van der Waals surface area contributed by atoms with Gasteiger partial charge in [-0.15, -0.1) is 0 Å². The number of rotatable bonds is 4. The Balaban J connectivity index is 3.11. The standard InChI is InChI=1S/C14H20F3NO/c1-5-6-7-19-11-9-18-12(13(2,3)4)8-10(11)14(15,16)17/h8-9H,5-7H2,1-4H3. The monoisotopic (exact) mass is 275 g/mol. The molecule has 1 aromatic heterocycles. The van der Waals surface area contributed by atoms with Crippen LogP contribution in [0.2, 0.25) is 0 Å². The molecule has 0 amide bonds. The van der Waals surface area contributed by atoms with Crippen LogP contribution in [0.15, 0.2) is 12.3 Å². The van der Waals surface area contributed by atoms with Crippen molar-refractivity contribution in [2.24, 2.45) is 0 Å². The average molecular weight is 275 g/mol. The quantitative estimate of drug-likeness (QED) is 0.750. The van der Waals surface area contributed by atoms with E-state index in [2.05, 4.69) is 4.98 Å². The lowest BCUT2D eigenvalue weighted by Gasteiger charge is -2.21. The minimum Gasteiger partial charge on any atom is -0.491 e. The third kappa shape index (κ3) is 4.40. The van der Waals surface area contributed by atoms with Crippen LogP contribution in [-0.4, -0.2) is 11.6 Å². The summed E-state index contributed by atoms with van der Waals surface area (Å²) < 4.78 is 44.2. The van der Waals surface area contributed by atoms with Gasteiger partial charge in [0.15, 0.2) is 0 Å². The van der Waals surface area contributed by atoms with Gasteiger partial charge in [0.25, 0.3) is 0 Å². The van der Waals surface area contributed by atoms with Gasteiger partial charge in [-0.05, 0) is 12.5 Å². The van der Waals surface area contributed by atoms with Gasteiger partial charge in [0.05, 0.1) is 12.8 Å². The molecule has 0 bridgehead atoms. The van der Waals surface area contributed by atoms with Gasteiger partial charge < -0.3 is 4.74 Å². The number of pyridine rings is 1. The Labute approximate surface area is 112 Å². The fourth-order valence-electron chi connectivity index (χ4n) is 1.52. The van der Waals surface area contributed by atoms with E-state index in [0.29, 0.717) is 5.69 Å².